The van der Waals surface area contributed by atoms with Gasteiger partial charge in [-0.25, -0.2) is 0 Å². The van der Waals surface area contributed by atoms with Crippen LogP contribution in [0.25, 0.3) is 0 Å². The van der Waals surface area contributed by atoms with Gasteiger partial charge < -0.3 is 9.30 Å². The van der Waals surface area contributed by atoms with Crippen molar-refractivity contribution in [2.75, 3.05) is 13.2 Å². The first-order valence-corrected chi connectivity index (χ1v) is 6.78. The van der Waals surface area contributed by atoms with Gasteiger partial charge in [0.2, 0.25) is 0 Å². The normalized spacial score (nSPS) is 11.4. The molecule has 1 aromatic rings. The second-order valence-electron chi connectivity index (χ2n) is 5.45. The number of hydrogen-bond donors (Lipinski definition) is 0. The van der Waals surface area contributed by atoms with Crippen LogP contribution < -0.4 is 0 Å². The van der Waals surface area contributed by atoms with Gasteiger partial charge in [-0.05, 0) is 18.4 Å². The third kappa shape index (κ3) is 5.05. The van der Waals surface area contributed by atoms with E-state index in [2.05, 4.69) is 13.8 Å². The third-order valence-electron chi connectivity index (χ3n) is 2.89. The van der Waals surface area contributed by atoms with E-state index in [9.17, 15) is 4.79 Å². The number of carbonyl (C=O) groups excluding carboxylic acids is 1. The SMILES string of the molecule is CC(C)CCOCCn1ccc(C(=O)C(C)C)c1. The lowest BCUT2D eigenvalue weighted by Crippen LogP contribution is -2.08. The average Bonchev–Trinajstić information content (AvgIpc) is 2.75. The molecule has 3 nitrogen and oxygen atoms in total. The molecule has 0 spiro atoms. The van der Waals surface area contributed by atoms with Crippen LogP contribution >= 0.6 is 0 Å². The summed E-state index contributed by atoms with van der Waals surface area (Å²) in [4.78, 5) is 11.8. The Hall–Kier alpha value is -1.09. The summed E-state index contributed by atoms with van der Waals surface area (Å²) in [5.41, 5.74) is 0.798. The van der Waals surface area contributed by atoms with Crippen molar-refractivity contribution in [3.8, 4) is 0 Å². The molecule has 0 fully saturated rings. The van der Waals surface area contributed by atoms with E-state index in [1.54, 1.807) is 0 Å². The van der Waals surface area contributed by atoms with Crippen LogP contribution in [0.4, 0.5) is 0 Å². The van der Waals surface area contributed by atoms with Crippen molar-refractivity contribution < 1.29 is 9.53 Å². The van der Waals surface area contributed by atoms with E-state index in [1.165, 1.54) is 0 Å². The number of ether oxygens (including phenoxy) is 1. The summed E-state index contributed by atoms with van der Waals surface area (Å²) in [5, 5.41) is 0. The first kappa shape index (κ1) is 15.0. The minimum atomic E-state index is 0.0585. The van der Waals surface area contributed by atoms with Crippen LogP contribution in [0.15, 0.2) is 18.5 Å². The molecule has 3 heteroatoms. The summed E-state index contributed by atoms with van der Waals surface area (Å²) in [6.07, 6.45) is 4.96. The first-order chi connectivity index (χ1) is 8.50. The maximum Gasteiger partial charge on any atom is 0.166 e. The molecule has 0 unspecified atom stereocenters. The maximum absolute atomic E-state index is 11.8. The monoisotopic (exact) mass is 251 g/mol. The quantitative estimate of drug-likeness (QED) is 0.524. The number of ketones is 1. The lowest BCUT2D eigenvalue weighted by Gasteiger charge is -2.07. The highest BCUT2D eigenvalue weighted by Crippen LogP contribution is 2.09. The molecule has 1 aromatic heterocycles. The molecule has 102 valence electrons. The Balaban J connectivity index is 2.29. The van der Waals surface area contributed by atoms with Crippen molar-refractivity contribution in [1.29, 1.82) is 0 Å². The van der Waals surface area contributed by atoms with Crippen LogP contribution in [0.2, 0.25) is 0 Å². The van der Waals surface area contributed by atoms with Crippen molar-refractivity contribution in [3.05, 3.63) is 24.0 Å². The van der Waals surface area contributed by atoms with Crippen LogP contribution in [-0.4, -0.2) is 23.6 Å². The van der Waals surface area contributed by atoms with E-state index in [1.807, 2.05) is 36.9 Å². The molecule has 1 rings (SSSR count). The Morgan fingerprint density at radius 3 is 2.61 bits per heavy atom. The topological polar surface area (TPSA) is 31.2 Å². The number of Topliss-reactive ketones (excluding diaryl/α,β-unsaturated/α-hetero) is 1. The van der Waals surface area contributed by atoms with Crippen molar-refractivity contribution in [2.24, 2.45) is 11.8 Å². The Labute approximate surface area is 110 Å². The van der Waals surface area contributed by atoms with Crippen molar-refractivity contribution >= 4 is 5.78 Å². The van der Waals surface area contributed by atoms with Crippen molar-refractivity contribution in [2.45, 2.75) is 40.7 Å². The van der Waals surface area contributed by atoms with Crippen LogP contribution in [-0.2, 0) is 11.3 Å². The van der Waals surface area contributed by atoms with E-state index in [4.69, 9.17) is 4.74 Å². The van der Waals surface area contributed by atoms with Gasteiger partial charge in [-0.15, -0.1) is 0 Å². The molecule has 1 heterocycles. The van der Waals surface area contributed by atoms with Crippen LogP contribution in [0.3, 0.4) is 0 Å². The molecule has 18 heavy (non-hydrogen) atoms. The Kier molecular flexibility index (Phi) is 6.13. The van der Waals surface area contributed by atoms with Gasteiger partial charge in [0, 0.05) is 37.0 Å². The average molecular weight is 251 g/mol. The van der Waals surface area contributed by atoms with Crippen LogP contribution in [0.5, 0.6) is 0 Å². The second-order valence-corrected chi connectivity index (χ2v) is 5.45. The molecular weight excluding hydrogens is 226 g/mol. The smallest absolute Gasteiger partial charge is 0.166 e. The van der Waals surface area contributed by atoms with E-state index in [-0.39, 0.29) is 11.7 Å². The molecule has 0 N–H and O–H groups in total. The fraction of sp³-hybridized carbons (Fsp3) is 0.667. The molecule has 0 aliphatic rings. The van der Waals surface area contributed by atoms with E-state index >= 15 is 0 Å². The van der Waals surface area contributed by atoms with Gasteiger partial charge in [-0.2, -0.15) is 0 Å². The predicted molar refractivity (Wildman–Crippen MR) is 73.9 cm³/mol. The molecule has 0 atom stereocenters. The summed E-state index contributed by atoms with van der Waals surface area (Å²) in [5.74, 6) is 0.949. The lowest BCUT2D eigenvalue weighted by molar-refractivity contribution is 0.0938. The largest absolute Gasteiger partial charge is 0.380 e. The zero-order valence-corrected chi connectivity index (χ0v) is 12.0. The van der Waals surface area contributed by atoms with E-state index < -0.39 is 0 Å². The van der Waals surface area contributed by atoms with Crippen molar-refractivity contribution in [1.82, 2.24) is 4.57 Å². The van der Waals surface area contributed by atoms with E-state index in [0.717, 1.165) is 25.1 Å². The van der Waals surface area contributed by atoms with Crippen LogP contribution in [0.1, 0.15) is 44.5 Å². The second kappa shape index (κ2) is 7.37. The summed E-state index contributed by atoms with van der Waals surface area (Å²) < 4.78 is 7.58. The molecule has 0 radical (unpaired) electrons. The van der Waals surface area contributed by atoms with Gasteiger partial charge >= 0.3 is 0 Å². The molecule has 0 amide bonds. The number of hydrogen-bond acceptors (Lipinski definition) is 2. The van der Waals surface area contributed by atoms with Gasteiger partial charge in [-0.3, -0.25) is 4.79 Å². The molecule has 0 saturated carbocycles. The van der Waals surface area contributed by atoms with Gasteiger partial charge in [0.1, 0.15) is 0 Å². The molecular formula is C15H25NO2. The summed E-state index contributed by atoms with van der Waals surface area (Å²) in [6, 6.07) is 1.89. The summed E-state index contributed by atoms with van der Waals surface area (Å²) in [6.45, 7) is 10.6. The molecule has 0 aliphatic carbocycles. The highest BCUT2D eigenvalue weighted by molar-refractivity contribution is 5.97. The zero-order valence-electron chi connectivity index (χ0n) is 12.0. The van der Waals surface area contributed by atoms with Gasteiger partial charge in [0.15, 0.2) is 5.78 Å². The lowest BCUT2D eigenvalue weighted by atomic mass is 10.0. The molecule has 0 bridgehead atoms. The standard InChI is InChI=1S/C15H25NO2/c1-12(2)6-9-18-10-8-16-7-5-14(11-16)15(17)13(3)4/h5,7,11-13H,6,8-10H2,1-4H3. The minimum absolute atomic E-state index is 0.0585. The van der Waals surface area contributed by atoms with Gasteiger partial charge in [-0.1, -0.05) is 27.7 Å². The Morgan fingerprint density at radius 2 is 2.00 bits per heavy atom. The fourth-order valence-corrected chi connectivity index (χ4v) is 1.65. The fourth-order valence-electron chi connectivity index (χ4n) is 1.65. The van der Waals surface area contributed by atoms with E-state index in [0.29, 0.717) is 12.5 Å². The number of rotatable bonds is 8. The zero-order chi connectivity index (χ0) is 13.5. The predicted octanol–water partition coefficient (Wildman–Crippen LogP) is 3.39. The molecule has 0 aromatic carbocycles. The van der Waals surface area contributed by atoms with Gasteiger partial charge in [0.05, 0.1) is 6.61 Å². The Morgan fingerprint density at radius 1 is 1.28 bits per heavy atom. The van der Waals surface area contributed by atoms with Crippen molar-refractivity contribution in [3.63, 3.8) is 0 Å². The Bertz CT molecular complexity index is 366. The number of carbonyl (C=O) groups is 1. The number of nitrogens with zero attached hydrogens (tertiary/aromatic N) is 1. The summed E-state index contributed by atoms with van der Waals surface area (Å²) >= 11 is 0. The van der Waals surface area contributed by atoms with Crippen LogP contribution in [0, 0.1) is 11.8 Å². The number of aromatic nitrogens is 1. The first-order valence-electron chi connectivity index (χ1n) is 6.78. The van der Waals surface area contributed by atoms with Gasteiger partial charge in [0.25, 0.3) is 0 Å². The minimum Gasteiger partial charge on any atom is -0.380 e. The highest BCUT2D eigenvalue weighted by atomic mass is 16.5. The molecule has 0 saturated heterocycles. The third-order valence-corrected chi connectivity index (χ3v) is 2.89. The highest BCUT2D eigenvalue weighted by Gasteiger charge is 2.11. The molecule has 0 aliphatic heterocycles. The summed E-state index contributed by atoms with van der Waals surface area (Å²) in [7, 11) is 0. The maximum atomic E-state index is 11.8.